The van der Waals surface area contributed by atoms with Crippen LogP contribution in [0.15, 0.2) is 95.9 Å². The number of nitro benzene ring substituents is 1. The van der Waals surface area contributed by atoms with Crippen molar-refractivity contribution in [3.05, 3.63) is 112 Å². The number of aryl methyl sites for hydroxylation is 2. The standard InChI is InChI=1S/C30H25N3O4S/c1-3-31-29-9-5-4-8-27(29)28-21-25(16-19-30(28)31)32(38(36,37)26-17-10-22(2)11-18-26)20-6-7-23-12-14-24(15-13-23)33(34)35/h4-5,8-19,21H,3,20H2,1-2H3. The molecule has 0 fully saturated rings. The second kappa shape index (κ2) is 10.0. The lowest BCUT2D eigenvalue weighted by molar-refractivity contribution is -0.384. The molecule has 0 atom stereocenters. The highest BCUT2D eigenvalue weighted by molar-refractivity contribution is 7.92. The van der Waals surface area contributed by atoms with E-state index in [-0.39, 0.29) is 17.1 Å². The Labute approximate surface area is 221 Å². The fraction of sp³-hybridized carbons (Fsp3) is 0.133. The van der Waals surface area contributed by atoms with Crippen LogP contribution in [0, 0.1) is 28.9 Å². The Morgan fingerprint density at radius 3 is 2.26 bits per heavy atom. The van der Waals surface area contributed by atoms with Gasteiger partial charge in [-0.3, -0.25) is 14.4 Å². The van der Waals surface area contributed by atoms with Crippen LogP contribution in [0.2, 0.25) is 0 Å². The second-order valence-corrected chi connectivity index (χ2v) is 10.8. The molecule has 0 saturated heterocycles. The largest absolute Gasteiger partial charge is 0.341 e. The summed E-state index contributed by atoms with van der Waals surface area (Å²) < 4.78 is 31.2. The number of para-hydroxylation sites is 1. The fourth-order valence-electron chi connectivity index (χ4n) is 4.57. The zero-order valence-electron chi connectivity index (χ0n) is 21.0. The van der Waals surface area contributed by atoms with Crippen molar-refractivity contribution in [2.45, 2.75) is 25.3 Å². The minimum absolute atomic E-state index is 0.0290. The van der Waals surface area contributed by atoms with Crippen molar-refractivity contribution in [3.8, 4) is 11.8 Å². The van der Waals surface area contributed by atoms with Crippen LogP contribution in [0.5, 0.6) is 0 Å². The van der Waals surface area contributed by atoms with Gasteiger partial charge in [0.25, 0.3) is 15.7 Å². The van der Waals surface area contributed by atoms with E-state index < -0.39 is 14.9 Å². The van der Waals surface area contributed by atoms with E-state index in [0.29, 0.717) is 11.3 Å². The van der Waals surface area contributed by atoms with E-state index in [4.69, 9.17) is 0 Å². The summed E-state index contributed by atoms with van der Waals surface area (Å²) in [4.78, 5) is 10.6. The fourth-order valence-corrected chi connectivity index (χ4v) is 5.93. The molecule has 0 amide bonds. The SMILES string of the molecule is CCn1c2ccccc2c2cc(N(CC#Cc3ccc([N+](=O)[O-])cc3)S(=O)(=O)c3ccc(C)cc3)ccc21. The van der Waals surface area contributed by atoms with Crippen LogP contribution in [0.3, 0.4) is 0 Å². The van der Waals surface area contributed by atoms with Gasteiger partial charge in [0.1, 0.15) is 0 Å². The van der Waals surface area contributed by atoms with Gasteiger partial charge in [-0.25, -0.2) is 8.42 Å². The number of nitrogens with zero attached hydrogens (tertiary/aromatic N) is 3. The third kappa shape index (κ3) is 4.60. The first-order valence-electron chi connectivity index (χ1n) is 12.1. The highest BCUT2D eigenvalue weighted by Gasteiger charge is 2.25. The molecule has 5 rings (SSSR count). The van der Waals surface area contributed by atoms with Crippen molar-refractivity contribution >= 4 is 43.2 Å². The number of sulfonamides is 1. The molecule has 38 heavy (non-hydrogen) atoms. The summed E-state index contributed by atoms with van der Waals surface area (Å²) in [7, 11) is -3.93. The monoisotopic (exact) mass is 523 g/mol. The van der Waals surface area contributed by atoms with E-state index in [0.717, 1.165) is 33.9 Å². The van der Waals surface area contributed by atoms with Gasteiger partial charge < -0.3 is 4.57 Å². The van der Waals surface area contributed by atoms with Gasteiger partial charge in [-0.1, -0.05) is 47.7 Å². The Balaban J connectivity index is 1.61. The van der Waals surface area contributed by atoms with Crippen molar-refractivity contribution in [2.24, 2.45) is 0 Å². The predicted molar refractivity (Wildman–Crippen MR) is 151 cm³/mol. The average Bonchev–Trinajstić information content (AvgIpc) is 3.24. The summed E-state index contributed by atoms with van der Waals surface area (Å²) in [5.74, 6) is 5.90. The molecule has 5 aromatic rings. The number of hydrogen-bond acceptors (Lipinski definition) is 4. The average molecular weight is 524 g/mol. The molecule has 1 aromatic heterocycles. The number of fused-ring (bicyclic) bond motifs is 3. The number of rotatable bonds is 6. The smallest absolute Gasteiger partial charge is 0.269 e. The van der Waals surface area contributed by atoms with Gasteiger partial charge in [-0.15, -0.1) is 0 Å². The van der Waals surface area contributed by atoms with E-state index in [1.165, 1.54) is 16.4 Å². The first kappa shape index (κ1) is 25.1. The van der Waals surface area contributed by atoms with Crippen LogP contribution in [0.4, 0.5) is 11.4 Å². The maximum atomic E-state index is 13.8. The molecule has 1 heterocycles. The molecule has 0 aliphatic heterocycles. The van der Waals surface area contributed by atoms with Crippen molar-refractivity contribution in [1.29, 1.82) is 0 Å². The maximum absolute atomic E-state index is 13.8. The lowest BCUT2D eigenvalue weighted by Gasteiger charge is -2.23. The summed E-state index contributed by atoms with van der Waals surface area (Å²) in [6, 6.07) is 26.3. The molecule has 8 heteroatoms. The molecular formula is C30H25N3O4S. The summed E-state index contributed by atoms with van der Waals surface area (Å²) in [6.07, 6.45) is 0. The zero-order valence-corrected chi connectivity index (χ0v) is 21.8. The van der Waals surface area contributed by atoms with Crippen molar-refractivity contribution in [3.63, 3.8) is 0 Å². The first-order valence-corrected chi connectivity index (χ1v) is 13.6. The summed E-state index contributed by atoms with van der Waals surface area (Å²) in [5, 5.41) is 12.9. The molecular weight excluding hydrogens is 498 g/mol. The Hall–Kier alpha value is -4.61. The van der Waals surface area contributed by atoms with Gasteiger partial charge in [-0.05, 0) is 62.4 Å². The van der Waals surface area contributed by atoms with Gasteiger partial charge in [-0.2, -0.15) is 0 Å². The number of aromatic nitrogens is 1. The number of non-ortho nitro benzene ring substituents is 1. The molecule has 0 aliphatic carbocycles. The van der Waals surface area contributed by atoms with E-state index >= 15 is 0 Å². The van der Waals surface area contributed by atoms with Gasteiger partial charge in [0.05, 0.1) is 22.1 Å². The molecule has 7 nitrogen and oxygen atoms in total. The predicted octanol–water partition coefficient (Wildman–Crippen LogP) is 6.28. The van der Waals surface area contributed by atoms with Crippen LogP contribution in [0.25, 0.3) is 21.8 Å². The Kier molecular flexibility index (Phi) is 6.62. The lowest BCUT2D eigenvalue weighted by atomic mass is 10.1. The minimum Gasteiger partial charge on any atom is -0.341 e. The normalized spacial score (nSPS) is 11.3. The summed E-state index contributed by atoms with van der Waals surface area (Å²) in [5.41, 5.74) is 4.12. The summed E-state index contributed by atoms with van der Waals surface area (Å²) >= 11 is 0. The van der Waals surface area contributed by atoms with Gasteiger partial charge in [0, 0.05) is 46.0 Å². The minimum atomic E-state index is -3.93. The zero-order chi connectivity index (χ0) is 26.9. The molecule has 0 saturated carbocycles. The third-order valence-electron chi connectivity index (χ3n) is 6.50. The number of nitro groups is 1. The van der Waals surface area contributed by atoms with E-state index in [9.17, 15) is 18.5 Å². The van der Waals surface area contributed by atoms with E-state index in [1.807, 2.05) is 43.3 Å². The third-order valence-corrected chi connectivity index (χ3v) is 8.29. The van der Waals surface area contributed by atoms with Crippen molar-refractivity contribution in [1.82, 2.24) is 4.57 Å². The number of benzene rings is 4. The highest BCUT2D eigenvalue weighted by atomic mass is 32.2. The number of hydrogen-bond donors (Lipinski definition) is 0. The van der Waals surface area contributed by atoms with Gasteiger partial charge in [0.2, 0.25) is 0 Å². The van der Waals surface area contributed by atoms with Crippen LogP contribution in [0.1, 0.15) is 18.1 Å². The topological polar surface area (TPSA) is 85.4 Å². The highest BCUT2D eigenvalue weighted by Crippen LogP contribution is 2.33. The molecule has 0 bridgehead atoms. The summed E-state index contributed by atoms with van der Waals surface area (Å²) in [6.45, 7) is 4.68. The van der Waals surface area contributed by atoms with Crippen molar-refractivity contribution < 1.29 is 13.3 Å². The van der Waals surface area contributed by atoms with E-state index in [1.54, 1.807) is 36.4 Å². The molecule has 0 aliphatic rings. The van der Waals surface area contributed by atoms with Crippen LogP contribution in [-0.4, -0.2) is 24.5 Å². The molecule has 4 aromatic carbocycles. The molecule has 0 unspecified atom stereocenters. The first-order chi connectivity index (χ1) is 18.3. The van der Waals surface area contributed by atoms with Crippen LogP contribution in [-0.2, 0) is 16.6 Å². The second-order valence-electron chi connectivity index (χ2n) is 8.89. The molecule has 0 spiro atoms. The molecule has 0 radical (unpaired) electrons. The molecule has 0 N–H and O–H groups in total. The van der Waals surface area contributed by atoms with Gasteiger partial charge >= 0.3 is 0 Å². The Morgan fingerprint density at radius 1 is 0.895 bits per heavy atom. The number of anilines is 1. The maximum Gasteiger partial charge on any atom is 0.269 e. The lowest BCUT2D eigenvalue weighted by Crippen LogP contribution is -2.31. The van der Waals surface area contributed by atoms with Crippen molar-refractivity contribution in [2.75, 3.05) is 10.8 Å². The van der Waals surface area contributed by atoms with Crippen LogP contribution < -0.4 is 4.31 Å². The van der Waals surface area contributed by atoms with Gasteiger partial charge in [0.15, 0.2) is 0 Å². The van der Waals surface area contributed by atoms with Crippen LogP contribution >= 0.6 is 0 Å². The quantitative estimate of drug-likeness (QED) is 0.149. The Morgan fingerprint density at radius 2 is 1.58 bits per heavy atom. The molecule has 190 valence electrons. The Bertz CT molecular complexity index is 1830. The van der Waals surface area contributed by atoms with E-state index in [2.05, 4.69) is 29.4 Å².